The lowest BCUT2D eigenvalue weighted by Gasteiger charge is -2.26. The highest BCUT2D eigenvalue weighted by Gasteiger charge is 2.23. The minimum Gasteiger partial charge on any atom is -0.489 e. The fourth-order valence-electron chi connectivity index (χ4n) is 8.35. The number of aryl methyl sites for hydroxylation is 3. The Bertz CT molecular complexity index is 2600. The molecule has 69 heavy (non-hydrogen) atoms. The lowest BCUT2D eigenvalue weighted by Crippen LogP contribution is -2.20. The van der Waals surface area contributed by atoms with Crippen LogP contribution in [-0.2, 0) is 39.1 Å². The van der Waals surface area contributed by atoms with Crippen LogP contribution in [0.15, 0.2) is 146 Å². The van der Waals surface area contributed by atoms with Gasteiger partial charge in [-0.2, -0.15) is 0 Å². The highest BCUT2D eigenvalue weighted by molar-refractivity contribution is 6.01. The molecule has 0 fully saturated rings. The van der Waals surface area contributed by atoms with Crippen LogP contribution in [0.25, 0.3) is 0 Å². The molecule has 6 amide bonds. The standard InChI is InChI=1S/C57H60N6O6/c1-7-46-49(34-67-43-25-16-22-40(31-43)58-55(64)61-52-28-13-10-19-37(52)4)47(8-2)51(36-69-45-27-18-24-42(33-45)60-57(66)63-54-30-15-12-21-39(54)6)48(9-3)50(46)35-68-44-26-17-23-41(32-44)59-56(65)62-53-29-14-11-20-38(53)5/h10-33H,7-9,34-36H2,1-6H3,(H2,58,61,64)(H2,59,62,65)(H2,60,63,66). The lowest BCUT2D eigenvalue weighted by molar-refractivity contribution is 0.261. The minimum atomic E-state index is -0.355. The number of hydrogen-bond donors (Lipinski definition) is 6. The van der Waals surface area contributed by atoms with Crippen molar-refractivity contribution >= 4 is 52.2 Å². The second-order valence-electron chi connectivity index (χ2n) is 16.6. The Kier molecular flexibility index (Phi) is 16.6. The molecule has 0 atom stereocenters. The number of rotatable bonds is 18. The first kappa shape index (κ1) is 48.7. The summed E-state index contributed by atoms with van der Waals surface area (Å²) in [6, 6.07) is 43.9. The smallest absolute Gasteiger partial charge is 0.323 e. The monoisotopic (exact) mass is 924 g/mol. The maximum absolute atomic E-state index is 13.0. The molecule has 0 radical (unpaired) electrons. The Morgan fingerprint density at radius 1 is 0.348 bits per heavy atom. The number of carbonyl (C=O) groups is 3. The van der Waals surface area contributed by atoms with Gasteiger partial charge in [-0.3, -0.25) is 0 Å². The molecule has 7 aromatic carbocycles. The molecule has 0 aliphatic rings. The van der Waals surface area contributed by atoms with Crippen molar-refractivity contribution in [2.45, 2.75) is 80.6 Å². The molecule has 0 aliphatic carbocycles. The number of urea groups is 3. The van der Waals surface area contributed by atoms with Crippen LogP contribution in [0.4, 0.5) is 48.5 Å². The van der Waals surface area contributed by atoms with E-state index < -0.39 is 0 Å². The van der Waals surface area contributed by atoms with E-state index in [1.54, 1.807) is 0 Å². The number of amides is 6. The maximum atomic E-state index is 13.0. The molecule has 0 heterocycles. The second-order valence-corrected chi connectivity index (χ2v) is 16.6. The third-order valence-electron chi connectivity index (χ3n) is 11.9. The molecule has 7 aromatic rings. The van der Waals surface area contributed by atoms with Gasteiger partial charge in [-0.15, -0.1) is 0 Å². The summed E-state index contributed by atoms with van der Waals surface area (Å²) in [4.78, 5) is 39.0. The fourth-order valence-corrected chi connectivity index (χ4v) is 8.35. The molecule has 0 saturated heterocycles. The van der Waals surface area contributed by atoms with Gasteiger partial charge in [0.25, 0.3) is 0 Å². The summed E-state index contributed by atoms with van der Waals surface area (Å²) in [5.74, 6) is 1.78. The highest BCUT2D eigenvalue weighted by Crippen LogP contribution is 2.34. The first-order valence-electron chi connectivity index (χ1n) is 23.3. The SMILES string of the molecule is CCc1c(COc2cccc(NC(=O)Nc3ccccc3C)c2)c(CC)c(COc2cccc(NC(=O)Nc3ccccc3C)c2)c(CC)c1COc1cccc(NC(=O)Nc2ccccc2C)c1. The van der Waals surface area contributed by atoms with Crippen molar-refractivity contribution in [2.24, 2.45) is 0 Å². The molecule has 354 valence electrons. The maximum Gasteiger partial charge on any atom is 0.323 e. The van der Waals surface area contributed by atoms with E-state index >= 15 is 0 Å². The van der Waals surface area contributed by atoms with Crippen molar-refractivity contribution in [3.8, 4) is 17.2 Å². The predicted molar refractivity (Wildman–Crippen MR) is 278 cm³/mol. The zero-order chi connectivity index (χ0) is 48.7. The highest BCUT2D eigenvalue weighted by atomic mass is 16.5. The van der Waals surface area contributed by atoms with E-state index in [0.29, 0.717) is 53.6 Å². The molecule has 6 N–H and O–H groups in total. The molecular formula is C57H60N6O6. The molecule has 0 aliphatic heterocycles. The summed E-state index contributed by atoms with van der Waals surface area (Å²) in [6.45, 7) is 13.0. The van der Waals surface area contributed by atoms with E-state index in [0.717, 1.165) is 67.1 Å². The van der Waals surface area contributed by atoms with Gasteiger partial charge in [-0.05, 0) is 145 Å². The number of para-hydroxylation sites is 3. The summed E-state index contributed by atoms with van der Waals surface area (Å²) < 4.78 is 19.8. The molecule has 7 rings (SSSR count). The van der Waals surface area contributed by atoms with Crippen molar-refractivity contribution in [3.05, 3.63) is 196 Å². The van der Waals surface area contributed by atoms with Crippen molar-refractivity contribution in [3.63, 3.8) is 0 Å². The van der Waals surface area contributed by atoms with E-state index in [1.165, 1.54) is 0 Å². The molecular weight excluding hydrogens is 865 g/mol. The quantitative estimate of drug-likeness (QED) is 0.0504. The van der Waals surface area contributed by atoms with Gasteiger partial charge in [0.1, 0.15) is 37.1 Å². The van der Waals surface area contributed by atoms with E-state index in [2.05, 4.69) is 52.7 Å². The average Bonchev–Trinajstić information content (AvgIpc) is 3.34. The molecule has 0 unspecified atom stereocenters. The van der Waals surface area contributed by atoms with Crippen molar-refractivity contribution in [2.75, 3.05) is 31.9 Å². The van der Waals surface area contributed by atoms with Crippen LogP contribution in [0, 0.1) is 20.8 Å². The van der Waals surface area contributed by atoms with Gasteiger partial charge in [0.15, 0.2) is 0 Å². The van der Waals surface area contributed by atoms with Crippen LogP contribution in [0.3, 0.4) is 0 Å². The summed E-state index contributed by atoms with van der Waals surface area (Å²) in [6.07, 6.45) is 2.12. The van der Waals surface area contributed by atoms with E-state index in [-0.39, 0.29) is 37.9 Å². The van der Waals surface area contributed by atoms with Crippen LogP contribution in [-0.4, -0.2) is 18.1 Å². The van der Waals surface area contributed by atoms with Crippen molar-refractivity contribution in [1.29, 1.82) is 0 Å². The van der Waals surface area contributed by atoms with Crippen LogP contribution < -0.4 is 46.1 Å². The minimum absolute atomic E-state index is 0.250. The van der Waals surface area contributed by atoms with Crippen molar-refractivity contribution in [1.82, 2.24) is 0 Å². The zero-order valence-corrected chi connectivity index (χ0v) is 40.0. The van der Waals surface area contributed by atoms with Gasteiger partial charge in [-0.1, -0.05) is 93.6 Å². The Labute approximate surface area is 404 Å². The number of hydrogen-bond acceptors (Lipinski definition) is 6. The summed E-state index contributed by atoms with van der Waals surface area (Å²) in [5, 5.41) is 17.6. The average molecular weight is 925 g/mol. The van der Waals surface area contributed by atoms with E-state index in [1.807, 2.05) is 166 Å². The van der Waals surface area contributed by atoms with E-state index in [9.17, 15) is 14.4 Å². The van der Waals surface area contributed by atoms with Crippen LogP contribution in [0.2, 0.25) is 0 Å². The van der Waals surface area contributed by atoms with Gasteiger partial charge in [-0.25, -0.2) is 14.4 Å². The first-order valence-corrected chi connectivity index (χ1v) is 23.3. The normalized spacial score (nSPS) is 10.7. The van der Waals surface area contributed by atoms with Gasteiger partial charge in [0.2, 0.25) is 0 Å². The topological polar surface area (TPSA) is 151 Å². The number of carbonyl (C=O) groups excluding carboxylic acids is 3. The second kappa shape index (κ2) is 23.5. The number of benzene rings is 7. The Morgan fingerprint density at radius 2 is 0.623 bits per heavy atom. The molecule has 0 saturated carbocycles. The van der Waals surface area contributed by atoms with Crippen LogP contribution in [0.5, 0.6) is 17.2 Å². The van der Waals surface area contributed by atoms with Gasteiger partial charge >= 0.3 is 18.1 Å². The van der Waals surface area contributed by atoms with Crippen LogP contribution in [0.1, 0.15) is 70.8 Å². The molecule has 0 bridgehead atoms. The predicted octanol–water partition coefficient (Wildman–Crippen LogP) is 14.0. The Hall–Kier alpha value is -8.25. The molecule has 0 spiro atoms. The molecule has 12 nitrogen and oxygen atoms in total. The van der Waals surface area contributed by atoms with Crippen molar-refractivity contribution < 1.29 is 28.6 Å². The first-order chi connectivity index (χ1) is 33.5. The fraction of sp³-hybridized carbons (Fsp3) is 0.211. The van der Waals surface area contributed by atoms with Crippen LogP contribution >= 0.6 is 0 Å². The number of nitrogens with one attached hydrogen (secondary N) is 6. The number of ether oxygens (including phenoxy) is 3. The lowest BCUT2D eigenvalue weighted by atomic mass is 9.84. The van der Waals surface area contributed by atoms with Gasteiger partial charge in [0.05, 0.1) is 0 Å². The summed E-state index contributed by atoms with van der Waals surface area (Å²) >= 11 is 0. The molecule has 12 heteroatoms. The number of anilines is 6. The van der Waals surface area contributed by atoms with Gasteiger partial charge in [0, 0.05) is 52.3 Å². The molecule has 0 aromatic heterocycles. The third kappa shape index (κ3) is 13.0. The zero-order valence-electron chi connectivity index (χ0n) is 40.0. The largest absolute Gasteiger partial charge is 0.489 e. The summed E-state index contributed by atoms with van der Waals surface area (Å²) in [7, 11) is 0. The Balaban J connectivity index is 1.15. The van der Waals surface area contributed by atoms with E-state index in [4.69, 9.17) is 14.2 Å². The third-order valence-corrected chi connectivity index (χ3v) is 11.9. The Morgan fingerprint density at radius 3 is 0.884 bits per heavy atom. The summed E-state index contributed by atoms with van der Waals surface area (Å²) in [5.41, 5.74) is 13.3. The van der Waals surface area contributed by atoms with Gasteiger partial charge < -0.3 is 46.1 Å².